The highest BCUT2D eigenvalue weighted by Gasteiger charge is 2.16. The number of hydrogen-bond donors (Lipinski definition) is 1. The molecular formula is C20H27FIN3O2S. The van der Waals surface area contributed by atoms with Gasteiger partial charge < -0.3 is 19.7 Å². The maximum atomic E-state index is 13.9. The summed E-state index contributed by atoms with van der Waals surface area (Å²) in [5.74, 6) is 1.35. The van der Waals surface area contributed by atoms with Crippen LogP contribution < -0.4 is 10.1 Å². The molecule has 0 atom stereocenters. The molecule has 0 fully saturated rings. The van der Waals surface area contributed by atoms with Crippen molar-refractivity contribution in [1.82, 2.24) is 10.2 Å². The molecule has 1 aromatic heterocycles. The van der Waals surface area contributed by atoms with E-state index in [1.807, 2.05) is 7.05 Å². The van der Waals surface area contributed by atoms with Crippen molar-refractivity contribution in [3.63, 3.8) is 0 Å². The fourth-order valence-electron chi connectivity index (χ4n) is 3.03. The van der Waals surface area contributed by atoms with E-state index in [0.717, 1.165) is 42.3 Å². The van der Waals surface area contributed by atoms with Crippen molar-refractivity contribution >= 4 is 41.3 Å². The first-order chi connectivity index (χ1) is 13.2. The number of nitrogens with one attached hydrogen (secondary N) is 1. The summed E-state index contributed by atoms with van der Waals surface area (Å²) >= 11 is 1.77. The van der Waals surface area contributed by atoms with Gasteiger partial charge in [-0.25, -0.2) is 4.39 Å². The van der Waals surface area contributed by atoms with Crippen LogP contribution in [-0.4, -0.2) is 44.3 Å². The minimum atomic E-state index is -0.262. The number of fused-ring (bicyclic) bond motifs is 1. The van der Waals surface area contributed by atoms with Crippen LogP contribution in [0.4, 0.5) is 4.39 Å². The normalized spacial score (nSPS) is 13.3. The van der Waals surface area contributed by atoms with Gasteiger partial charge in [-0.15, -0.1) is 35.3 Å². The summed E-state index contributed by atoms with van der Waals surface area (Å²) in [5.41, 5.74) is 1.61. The molecule has 0 unspecified atom stereocenters. The van der Waals surface area contributed by atoms with Crippen LogP contribution in [0.25, 0.3) is 0 Å². The van der Waals surface area contributed by atoms with Crippen LogP contribution >= 0.6 is 35.3 Å². The lowest BCUT2D eigenvalue weighted by Crippen LogP contribution is -2.40. The number of ether oxygens (including phenoxy) is 2. The van der Waals surface area contributed by atoms with Crippen molar-refractivity contribution in [2.24, 2.45) is 4.99 Å². The van der Waals surface area contributed by atoms with Gasteiger partial charge in [0.1, 0.15) is 11.6 Å². The van der Waals surface area contributed by atoms with E-state index in [9.17, 15) is 4.39 Å². The van der Waals surface area contributed by atoms with Crippen LogP contribution in [0.15, 0.2) is 34.6 Å². The molecule has 0 radical (unpaired) electrons. The Morgan fingerprint density at radius 2 is 2.21 bits per heavy atom. The Labute approximate surface area is 187 Å². The molecule has 0 saturated heterocycles. The molecule has 0 spiro atoms. The van der Waals surface area contributed by atoms with Gasteiger partial charge in [0, 0.05) is 37.1 Å². The molecule has 1 aliphatic rings. The van der Waals surface area contributed by atoms with Gasteiger partial charge >= 0.3 is 0 Å². The van der Waals surface area contributed by atoms with Crippen molar-refractivity contribution in [1.29, 1.82) is 0 Å². The van der Waals surface area contributed by atoms with Crippen LogP contribution in [0.1, 0.15) is 22.9 Å². The standard InChI is InChI=1S/C20H26FN3O2S.HI/c1-3-22-20(24(2)9-7-18-5-4-10-27-18)23-8-6-15-11-17(21)12-16-13-25-14-26-19(15)16;/h4-5,10-12H,3,6-9,13-14H2,1-2H3,(H,22,23);1H. The van der Waals surface area contributed by atoms with E-state index < -0.39 is 0 Å². The van der Waals surface area contributed by atoms with Gasteiger partial charge in [-0.05, 0) is 48.9 Å². The number of rotatable bonds is 7. The average Bonchev–Trinajstić information content (AvgIpc) is 3.19. The first-order valence-corrected chi connectivity index (χ1v) is 10.1. The van der Waals surface area contributed by atoms with Gasteiger partial charge in [0.15, 0.2) is 12.8 Å². The summed E-state index contributed by atoms with van der Waals surface area (Å²) in [6.07, 6.45) is 1.61. The van der Waals surface area contributed by atoms with E-state index in [1.165, 1.54) is 17.0 Å². The zero-order valence-electron chi connectivity index (χ0n) is 16.2. The third-order valence-electron chi connectivity index (χ3n) is 4.36. The molecule has 28 heavy (non-hydrogen) atoms. The van der Waals surface area contributed by atoms with E-state index in [0.29, 0.717) is 19.6 Å². The Balaban J connectivity index is 0.00000280. The molecule has 1 aromatic carbocycles. The molecule has 3 rings (SSSR count). The monoisotopic (exact) mass is 519 g/mol. The van der Waals surface area contributed by atoms with Crippen molar-refractivity contribution in [3.05, 3.63) is 51.5 Å². The van der Waals surface area contributed by atoms with Gasteiger partial charge in [0.25, 0.3) is 0 Å². The molecule has 5 nitrogen and oxygen atoms in total. The van der Waals surface area contributed by atoms with Gasteiger partial charge in [0.2, 0.25) is 0 Å². The number of likely N-dealkylation sites (N-methyl/N-ethyl adjacent to an activating group) is 1. The number of guanidine groups is 1. The van der Waals surface area contributed by atoms with Crippen LogP contribution in [-0.2, 0) is 24.2 Å². The predicted octanol–water partition coefficient (Wildman–Crippen LogP) is 4.05. The minimum Gasteiger partial charge on any atom is -0.467 e. The van der Waals surface area contributed by atoms with E-state index >= 15 is 0 Å². The topological polar surface area (TPSA) is 46.1 Å². The second-order valence-corrected chi connectivity index (χ2v) is 7.43. The van der Waals surface area contributed by atoms with Crippen molar-refractivity contribution in [3.8, 4) is 5.75 Å². The third-order valence-corrected chi connectivity index (χ3v) is 5.30. The number of benzene rings is 1. The SMILES string of the molecule is CCNC(=NCCc1cc(F)cc2c1OCOC2)N(C)CCc1cccs1.I. The molecule has 0 bridgehead atoms. The van der Waals surface area contributed by atoms with Crippen molar-refractivity contribution in [2.45, 2.75) is 26.4 Å². The second kappa shape index (κ2) is 11.6. The van der Waals surface area contributed by atoms with Gasteiger partial charge in [0.05, 0.1) is 6.61 Å². The second-order valence-electron chi connectivity index (χ2n) is 6.40. The fraction of sp³-hybridized carbons (Fsp3) is 0.450. The van der Waals surface area contributed by atoms with Crippen LogP contribution in [0.3, 0.4) is 0 Å². The maximum Gasteiger partial charge on any atom is 0.193 e. The zero-order chi connectivity index (χ0) is 19.1. The van der Waals surface area contributed by atoms with E-state index in [-0.39, 0.29) is 36.6 Å². The maximum absolute atomic E-state index is 13.9. The highest BCUT2D eigenvalue weighted by atomic mass is 127. The van der Waals surface area contributed by atoms with Crippen LogP contribution in [0, 0.1) is 5.82 Å². The quantitative estimate of drug-likeness (QED) is 0.341. The number of hydrogen-bond acceptors (Lipinski definition) is 4. The molecule has 2 aromatic rings. The molecule has 0 aliphatic carbocycles. The first kappa shape index (κ1) is 22.9. The lowest BCUT2D eigenvalue weighted by atomic mass is 10.1. The zero-order valence-corrected chi connectivity index (χ0v) is 19.4. The Hall–Kier alpha value is -1.39. The first-order valence-electron chi connectivity index (χ1n) is 9.21. The van der Waals surface area contributed by atoms with E-state index in [2.05, 4.69) is 34.7 Å². The largest absolute Gasteiger partial charge is 0.467 e. The van der Waals surface area contributed by atoms with Crippen LogP contribution in [0.5, 0.6) is 5.75 Å². The predicted molar refractivity (Wildman–Crippen MR) is 122 cm³/mol. The highest BCUT2D eigenvalue weighted by molar-refractivity contribution is 14.0. The van der Waals surface area contributed by atoms with Crippen molar-refractivity contribution in [2.75, 3.05) is 33.5 Å². The minimum absolute atomic E-state index is 0. The Bertz CT molecular complexity index is 771. The molecule has 1 aliphatic heterocycles. The van der Waals surface area contributed by atoms with Gasteiger partial charge in [-0.2, -0.15) is 0 Å². The van der Waals surface area contributed by atoms with Crippen molar-refractivity contribution < 1.29 is 13.9 Å². The Morgan fingerprint density at radius 3 is 2.96 bits per heavy atom. The van der Waals surface area contributed by atoms with Crippen LogP contribution in [0.2, 0.25) is 0 Å². The summed E-state index contributed by atoms with van der Waals surface area (Å²) in [6, 6.07) is 7.24. The summed E-state index contributed by atoms with van der Waals surface area (Å²) in [6.45, 7) is 4.91. The molecule has 8 heteroatoms. The average molecular weight is 519 g/mol. The molecule has 0 amide bonds. The molecule has 0 saturated carbocycles. The lowest BCUT2D eigenvalue weighted by molar-refractivity contribution is -0.0172. The number of thiophene rings is 1. The Kier molecular flexibility index (Phi) is 9.46. The Morgan fingerprint density at radius 1 is 1.36 bits per heavy atom. The smallest absolute Gasteiger partial charge is 0.193 e. The summed E-state index contributed by atoms with van der Waals surface area (Å²) in [7, 11) is 2.04. The number of nitrogens with zero attached hydrogens (tertiary/aromatic N) is 2. The summed E-state index contributed by atoms with van der Waals surface area (Å²) in [4.78, 5) is 8.21. The molecule has 154 valence electrons. The molecule has 2 heterocycles. The highest BCUT2D eigenvalue weighted by Crippen LogP contribution is 2.29. The van der Waals surface area contributed by atoms with Gasteiger partial charge in [-0.1, -0.05) is 6.07 Å². The molecule has 1 N–H and O–H groups in total. The lowest BCUT2D eigenvalue weighted by Gasteiger charge is -2.22. The van der Waals surface area contributed by atoms with E-state index in [4.69, 9.17) is 14.5 Å². The number of halogens is 2. The van der Waals surface area contributed by atoms with E-state index in [1.54, 1.807) is 11.3 Å². The summed E-state index contributed by atoms with van der Waals surface area (Å²) in [5, 5.41) is 5.43. The third kappa shape index (κ3) is 6.31. The molecular weight excluding hydrogens is 492 g/mol. The van der Waals surface area contributed by atoms with Gasteiger partial charge in [-0.3, -0.25) is 4.99 Å². The fourth-order valence-corrected chi connectivity index (χ4v) is 3.73. The summed E-state index contributed by atoms with van der Waals surface area (Å²) < 4.78 is 24.7. The number of aliphatic imine (C=N–C) groups is 1.